The van der Waals surface area contributed by atoms with E-state index < -0.39 is 5.60 Å². The fourth-order valence-corrected chi connectivity index (χ4v) is 3.87. The Hall–Kier alpha value is -1.59. The van der Waals surface area contributed by atoms with Gasteiger partial charge in [0.1, 0.15) is 11.4 Å². The van der Waals surface area contributed by atoms with E-state index in [2.05, 4.69) is 24.1 Å². The number of carbonyl (C=O) groups excluding carboxylic acids is 1. The van der Waals surface area contributed by atoms with Gasteiger partial charge in [0.25, 0.3) is 5.91 Å². The van der Waals surface area contributed by atoms with E-state index in [0.717, 1.165) is 31.0 Å². The number of piperidine rings is 1. The van der Waals surface area contributed by atoms with Crippen molar-refractivity contribution in [3.8, 4) is 5.75 Å². The molecule has 158 valence electrons. The van der Waals surface area contributed by atoms with Crippen LogP contribution in [-0.4, -0.2) is 49.3 Å². The molecule has 1 aliphatic heterocycles. The van der Waals surface area contributed by atoms with Gasteiger partial charge in [0.2, 0.25) is 0 Å². The molecule has 28 heavy (non-hydrogen) atoms. The Morgan fingerprint density at radius 1 is 1.18 bits per heavy atom. The maximum Gasteiger partial charge on any atom is 0.256 e. The molecule has 1 N–H and O–H groups in total. The SMILES string of the molecule is CCO[C@@](C)(CC(C)C)C(=O)Nc1ccc(OCCCN2CCCCC2)cc1. The highest BCUT2D eigenvalue weighted by Gasteiger charge is 2.34. The second-order valence-electron chi connectivity index (χ2n) is 8.34. The van der Waals surface area contributed by atoms with Crippen molar-refractivity contribution in [2.75, 3.05) is 38.2 Å². The van der Waals surface area contributed by atoms with Gasteiger partial charge in [-0.15, -0.1) is 0 Å². The van der Waals surface area contributed by atoms with E-state index >= 15 is 0 Å². The normalized spacial score (nSPS) is 17.3. The molecule has 0 spiro atoms. The lowest BCUT2D eigenvalue weighted by molar-refractivity contribution is -0.140. The summed E-state index contributed by atoms with van der Waals surface area (Å²) in [7, 11) is 0. The molecule has 0 saturated carbocycles. The van der Waals surface area contributed by atoms with Gasteiger partial charge in [-0.25, -0.2) is 0 Å². The standard InChI is InChI=1S/C23H38N2O3/c1-5-28-23(4,18-19(2)3)22(26)24-20-10-12-21(13-11-20)27-17-9-16-25-14-7-6-8-15-25/h10-13,19H,5-9,14-18H2,1-4H3,(H,24,26)/t23-/m0/s1. The molecule has 1 fully saturated rings. The predicted molar refractivity (Wildman–Crippen MR) is 115 cm³/mol. The van der Waals surface area contributed by atoms with Gasteiger partial charge in [0.05, 0.1) is 6.61 Å². The average Bonchev–Trinajstić information content (AvgIpc) is 2.67. The summed E-state index contributed by atoms with van der Waals surface area (Å²) in [6, 6.07) is 7.60. The van der Waals surface area contributed by atoms with Gasteiger partial charge in [0, 0.05) is 18.8 Å². The fraction of sp³-hybridized carbons (Fsp3) is 0.696. The lowest BCUT2D eigenvalue weighted by Crippen LogP contribution is -2.43. The molecular formula is C23H38N2O3. The number of anilines is 1. The van der Waals surface area contributed by atoms with Crippen LogP contribution in [0.2, 0.25) is 0 Å². The molecule has 1 aliphatic rings. The molecule has 5 nitrogen and oxygen atoms in total. The molecular weight excluding hydrogens is 352 g/mol. The van der Waals surface area contributed by atoms with Crippen molar-refractivity contribution in [3.05, 3.63) is 24.3 Å². The van der Waals surface area contributed by atoms with E-state index in [4.69, 9.17) is 9.47 Å². The first kappa shape index (κ1) is 22.7. The van der Waals surface area contributed by atoms with Crippen LogP contribution < -0.4 is 10.1 Å². The van der Waals surface area contributed by atoms with Gasteiger partial charge in [-0.1, -0.05) is 20.3 Å². The first-order valence-corrected chi connectivity index (χ1v) is 10.8. The van der Waals surface area contributed by atoms with E-state index in [1.54, 1.807) is 0 Å². The fourth-order valence-electron chi connectivity index (χ4n) is 3.87. The first-order chi connectivity index (χ1) is 13.4. The number of carbonyl (C=O) groups is 1. The van der Waals surface area contributed by atoms with Crippen LogP contribution in [-0.2, 0) is 9.53 Å². The third-order valence-electron chi connectivity index (χ3n) is 5.19. The Bertz CT molecular complexity index is 582. The zero-order chi connectivity index (χ0) is 20.4. The van der Waals surface area contributed by atoms with Crippen molar-refractivity contribution in [1.29, 1.82) is 0 Å². The number of benzene rings is 1. The zero-order valence-corrected chi connectivity index (χ0v) is 18.1. The summed E-state index contributed by atoms with van der Waals surface area (Å²) in [5, 5.41) is 2.98. The van der Waals surface area contributed by atoms with E-state index in [9.17, 15) is 4.79 Å². The van der Waals surface area contributed by atoms with Crippen molar-refractivity contribution >= 4 is 11.6 Å². The van der Waals surface area contributed by atoms with Crippen molar-refractivity contribution in [2.45, 2.75) is 65.4 Å². The molecule has 1 saturated heterocycles. The summed E-state index contributed by atoms with van der Waals surface area (Å²) in [4.78, 5) is 15.3. The minimum absolute atomic E-state index is 0.0988. The molecule has 2 rings (SSSR count). The van der Waals surface area contributed by atoms with Gasteiger partial charge < -0.3 is 19.7 Å². The molecule has 1 aromatic carbocycles. The first-order valence-electron chi connectivity index (χ1n) is 10.8. The van der Waals surface area contributed by atoms with Crippen LogP contribution in [0.15, 0.2) is 24.3 Å². The molecule has 5 heteroatoms. The minimum Gasteiger partial charge on any atom is -0.494 e. The highest BCUT2D eigenvalue weighted by atomic mass is 16.5. The summed E-state index contributed by atoms with van der Waals surface area (Å²) >= 11 is 0. The van der Waals surface area contributed by atoms with E-state index in [1.165, 1.54) is 32.4 Å². The van der Waals surface area contributed by atoms with Gasteiger partial charge in [-0.2, -0.15) is 0 Å². The Morgan fingerprint density at radius 2 is 1.86 bits per heavy atom. The largest absolute Gasteiger partial charge is 0.494 e. The van der Waals surface area contributed by atoms with Crippen LogP contribution in [0.4, 0.5) is 5.69 Å². The Morgan fingerprint density at radius 3 is 2.46 bits per heavy atom. The van der Waals surface area contributed by atoms with E-state index in [1.807, 2.05) is 38.1 Å². The number of hydrogen-bond acceptors (Lipinski definition) is 4. The average molecular weight is 391 g/mol. The van der Waals surface area contributed by atoms with Crippen LogP contribution in [0.3, 0.4) is 0 Å². The predicted octanol–water partition coefficient (Wildman–Crippen LogP) is 4.72. The smallest absolute Gasteiger partial charge is 0.256 e. The second kappa shape index (κ2) is 11.4. The summed E-state index contributed by atoms with van der Waals surface area (Å²) in [5.41, 5.74) is -0.0487. The summed E-state index contributed by atoms with van der Waals surface area (Å²) in [6.07, 6.45) is 5.75. The highest BCUT2D eigenvalue weighted by molar-refractivity contribution is 5.97. The number of amides is 1. The van der Waals surface area contributed by atoms with Crippen LogP contribution in [0.5, 0.6) is 5.75 Å². The Labute approximate surface area is 170 Å². The molecule has 1 aromatic rings. The quantitative estimate of drug-likeness (QED) is 0.556. The minimum atomic E-state index is -0.813. The molecule has 1 atom stereocenters. The van der Waals surface area contributed by atoms with Gasteiger partial charge in [-0.3, -0.25) is 4.79 Å². The highest BCUT2D eigenvalue weighted by Crippen LogP contribution is 2.24. The zero-order valence-electron chi connectivity index (χ0n) is 18.1. The van der Waals surface area contributed by atoms with Crippen molar-refractivity contribution < 1.29 is 14.3 Å². The molecule has 1 amide bonds. The second-order valence-corrected chi connectivity index (χ2v) is 8.34. The number of nitrogens with one attached hydrogen (secondary N) is 1. The van der Waals surface area contributed by atoms with Crippen LogP contribution >= 0.6 is 0 Å². The van der Waals surface area contributed by atoms with Crippen LogP contribution in [0.1, 0.15) is 59.8 Å². The third kappa shape index (κ3) is 7.44. The Balaban J connectivity index is 1.78. The van der Waals surface area contributed by atoms with E-state index in [-0.39, 0.29) is 5.91 Å². The van der Waals surface area contributed by atoms with Gasteiger partial charge in [0.15, 0.2) is 0 Å². The summed E-state index contributed by atoms with van der Waals surface area (Å²) in [5.74, 6) is 1.12. The number of rotatable bonds is 11. The maximum atomic E-state index is 12.7. The molecule has 0 aromatic heterocycles. The molecule has 0 unspecified atom stereocenters. The Kier molecular flexibility index (Phi) is 9.26. The van der Waals surface area contributed by atoms with Crippen molar-refractivity contribution in [3.63, 3.8) is 0 Å². The number of ether oxygens (including phenoxy) is 2. The van der Waals surface area contributed by atoms with Crippen molar-refractivity contribution in [2.24, 2.45) is 5.92 Å². The monoisotopic (exact) mass is 390 g/mol. The number of nitrogens with zero attached hydrogens (tertiary/aromatic N) is 1. The lowest BCUT2D eigenvalue weighted by Gasteiger charge is -2.29. The van der Waals surface area contributed by atoms with Gasteiger partial charge in [-0.05, 0) is 82.8 Å². The third-order valence-corrected chi connectivity index (χ3v) is 5.19. The molecule has 0 bridgehead atoms. The topological polar surface area (TPSA) is 50.8 Å². The molecule has 0 aliphatic carbocycles. The molecule has 1 heterocycles. The molecule has 0 radical (unpaired) electrons. The maximum absolute atomic E-state index is 12.7. The summed E-state index contributed by atoms with van der Waals surface area (Å²) in [6.45, 7) is 12.8. The number of hydrogen-bond donors (Lipinski definition) is 1. The lowest BCUT2D eigenvalue weighted by atomic mass is 9.93. The summed E-state index contributed by atoms with van der Waals surface area (Å²) < 4.78 is 11.6. The van der Waals surface area contributed by atoms with Crippen molar-refractivity contribution in [1.82, 2.24) is 4.90 Å². The number of likely N-dealkylation sites (tertiary alicyclic amines) is 1. The van der Waals surface area contributed by atoms with Gasteiger partial charge >= 0.3 is 0 Å². The van der Waals surface area contributed by atoms with Crippen LogP contribution in [0, 0.1) is 5.92 Å². The van der Waals surface area contributed by atoms with E-state index in [0.29, 0.717) is 18.9 Å². The van der Waals surface area contributed by atoms with Crippen LogP contribution in [0.25, 0.3) is 0 Å².